The number of ether oxygens (including phenoxy) is 1. The maximum absolute atomic E-state index is 9.73. The lowest BCUT2D eigenvalue weighted by atomic mass is 9.97. The lowest BCUT2D eigenvalue weighted by Gasteiger charge is -2.22. The van der Waals surface area contributed by atoms with E-state index in [4.69, 9.17) is 14.9 Å². The van der Waals surface area contributed by atoms with Gasteiger partial charge in [0.05, 0.1) is 6.61 Å². The van der Waals surface area contributed by atoms with Gasteiger partial charge >= 0.3 is 11.9 Å². The molecule has 0 spiro atoms. The van der Waals surface area contributed by atoms with Crippen LogP contribution in [0.5, 0.6) is 5.75 Å². The van der Waals surface area contributed by atoms with E-state index in [0.29, 0.717) is 18.8 Å². The molecule has 1 atom stereocenters. The molecule has 0 aliphatic rings. The standard InChI is InChI=1S/C18H23NO2.C4H4O4/c1-14-7-4-5-10-17(14)18(21-12-11-19(2)3)15-8-6-9-16(20)13-15;5-3(6)1-2-4(7)8/h4-10,13,18,20H,11-12H2,1-3H3;1-2H,(H,5,6)(H,7,8)/b;2-1+. The van der Waals surface area contributed by atoms with Crippen molar-refractivity contribution < 1.29 is 29.6 Å². The van der Waals surface area contributed by atoms with Gasteiger partial charge < -0.3 is 25.0 Å². The van der Waals surface area contributed by atoms with Crippen LogP contribution in [0.4, 0.5) is 0 Å². The highest BCUT2D eigenvalue weighted by Gasteiger charge is 2.17. The van der Waals surface area contributed by atoms with Crippen molar-refractivity contribution in [3.63, 3.8) is 0 Å². The summed E-state index contributed by atoms with van der Waals surface area (Å²) in [5.41, 5.74) is 3.31. The fourth-order valence-electron chi connectivity index (χ4n) is 2.43. The summed E-state index contributed by atoms with van der Waals surface area (Å²) in [6, 6.07) is 15.5. The number of phenols is 1. The van der Waals surface area contributed by atoms with Crippen molar-refractivity contribution in [2.45, 2.75) is 13.0 Å². The number of hydrogen-bond acceptors (Lipinski definition) is 5. The summed E-state index contributed by atoms with van der Waals surface area (Å²) in [5.74, 6) is -2.25. The monoisotopic (exact) mass is 401 g/mol. The molecular weight excluding hydrogens is 374 g/mol. The van der Waals surface area contributed by atoms with Crippen molar-refractivity contribution in [1.82, 2.24) is 4.90 Å². The minimum atomic E-state index is -1.26. The number of phenolic OH excluding ortho intramolecular Hbond substituents is 1. The van der Waals surface area contributed by atoms with Gasteiger partial charge in [-0.15, -0.1) is 0 Å². The van der Waals surface area contributed by atoms with Crippen LogP contribution in [0.1, 0.15) is 22.8 Å². The fourth-order valence-corrected chi connectivity index (χ4v) is 2.43. The fraction of sp³-hybridized carbons (Fsp3) is 0.273. The van der Waals surface area contributed by atoms with E-state index in [-0.39, 0.29) is 11.9 Å². The average Bonchev–Trinajstić information content (AvgIpc) is 2.65. The quantitative estimate of drug-likeness (QED) is 0.584. The van der Waals surface area contributed by atoms with Crippen LogP contribution in [0.3, 0.4) is 0 Å². The SMILES string of the molecule is Cc1ccccc1C(OCCN(C)C)c1cccc(O)c1.O=C(O)/C=C/C(=O)O. The van der Waals surface area contributed by atoms with Gasteiger partial charge in [-0.05, 0) is 49.8 Å². The second-order valence-electron chi connectivity index (χ2n) is 6.52. The molecule has 3 N–H and O–H groups in total. The van der Waals surface area contributed by atoms with Crippen LogP contribution in [-0.4, -0.2) is 59.4 Å². The number of likely N-dealkylation sites (N-methyl/N-ethyl adjacent to an activating group) is 1. The zero-order chi connectivity index (χ0) is 21.8. The van der Waals surface area contributed by atoms with Gasteiger partial charge in [-0.3, -0.25) is 0 Å². The molecule has 7 nitrogen and oxygen atoms in total. The van der Waals surface area contributed by atoms with Crippen molar-refractivity contribution in [2.24, 2.45) is 0 Å². The van der Waals surface area contributed by atoms with Gasteiger partial charge in [0.15, 0.2) is 0 Å². The van der Waals surface area contributed by atoms with Crippen molar-refractivity contribution >= 4 is 11.9 Å². The topological polar surface area (TPSA) is 107 Å². The molecule has 0 aliphatic carbocycles. The van der Waals surface area contributed by atoms with Gasteiger partial charge in [0.1, 0.15) is 11.9 Å². The zero-order valence-electron chi connectivity index (χ0n) is 16.8. The predicted molar refractivity (Wildman–Crippen MR) is 110 cm³/mol. The third kappa shape index (κ3) is 9.55. The Morgan fingerprint density at radius 1 is 1.03 bits per heavy atom. The van der Waals surface area contributed by atoms with E-state index >= 15 is 0 Å². The Kier molecular flexibility index (Phi) is 10.2. The highest BCUT2D eigenvalue weighted by Crippen LogP contribution is 2.30. The molecule has 0 bridgehead atoms. The number of aryl methyl sites for hydroxylation is 1. The number of carboxylic acid groups (broad SMARTS) is 2. The van der Waals surface area contributed by atoms with Gasteiger partial charge in [0.25, 0.3) is 0 Å². The van der Waals surface area contributed by atoms with Crippen LogP contribution in [0.25, 0.3) is 0 Å². The Balaban J connectivity index is 0.000000447. The molecule has 29 heavy (non-hydrogen) atoms. The molecule has 0 saturated carbocycles. The number of aliphatic carboxylic acids is 2. The molecule has 2 aromatic carbocycles. The third-order valence-electron chi connectivity index (χ3n) is 3.84. The van der Waals surface area contributed by atoms with Gasteiger partial charge in [-0.2, -0.15) is 0 Å². The van der Waals surface area contributed by atoms with Gasteiger partial charge in [0.2, 0.25) is 0 Å². The Morgan fingerprint density at radius 2 is 1.66 bits per heavy atom. The van der Waals surface area contributed by atoms with Gasteiger partial charge in [0, 0.05) is 18.7 Å². The number of rotatable bonds is 8. The molecule has 156 valence electrons. The predicted octanol–water partition coefficient (Wildman–Crippen LogP) is 3.08. The number of hydrogen-bond donors (Lipinski definition) is 3. The van der Waals surface area contributed by atoms with Crippen LogP contribution in [0.15, 0.2) is 60.7 Å². The van der Waals surface area contributed by atoms with Gasteiger partial charge in [-0.1, -0.05) is 36.4 Å². The van der Waals surface area contributed by atoms with E-state index in [2.05, 4.69) is 24.0 Å². The highest BCUT2D eigenvalue weighted by molar-refractivity contribution is 5.89. The molecule has 0 heterocycles. The van der Waals surface area contributed by atoms with Crippen molar-refractivity contribution in [2.75, 3.05) is 27.2 Å². The van der Waals surface area contributed by atoms with E-state index in [9.17, 15) is 14.7 Å². The van der Waals surface area contributed by atoms with Crippen LogP contribution in [0.2, 0.25) is 0 Å². The highest BCUT2D eigenvalue weighted by atomic mass is 16.5. The maximum Gasteiger partial charge on any atom is 0.328 e. The molecule has 7 heteroatoms. The Morgan fingerprint density at radius 3 is 2.17 bits per heavy atom. The number of nitrogens with zero attached hydrogens (tertiary/aromatic N) is 1. The first-order valence-electron chi connectivity index (χ1n) is 8.95. The largest absolute Gasteiger partial charge is 0.508 e. The average molecular weight is 401 g/mol. The molecule has 0 fully saturated rings. The first kappa shape index (κ1) is 23.9. The van der Waals surface area contributed by atoms with E-state index in [1.54, 1.807) is 12.1 Å². The van der Waals surface area contributed by atoms with Crippen LogP contribution < -0.4 is 0 Å². The first-order chi connectivity index (χ1) is 13.7. The second-order valence-corrected chi connectivity index (χ2v) is 6.52. The molecule has 2 aromatic rings. The molecule has 0 aliphatic heterocycles. The molecule has 0 aromatic heterocycles. The van der Waals surface area contributed by atoms with Gasteiger partial charge in [-0.25, -0.2) is 9.59 Å². The van der Waals surface area contributed by atoms with Crippen molar-refractivity contribution in [1.29, 1.82) is 0 Å². The molecule has 2 rings (SSSR count). The van der Waals surface area contributed by atoms with Crippen LogP contribution >= 0.6 is 0 Å². The first-order valence-corrected chi connectivity index (χ1v) is 8.95. The lowest BCUT2D eigenvalue weighted by molar-refractivity contribution is -0.134. The molecule has 0 amide bonds. The summed E-state index contributed by atoms with van der Waals surface area (Å²) in [6.45, 7) is 3.59. The number of benzene rings is 2. The minimum Gasteiger partial charge on any atom is -0.508 e. The Hall–Kier alpha value is -3.16. The normalized spacial score (nSPS) is 11.7. The third-order valence-corrected chi connectivity index (χ3v) is 3.84. The Bertz CT molecular complexity index is 816. The number of carboxylic acids is 2. The van der Waals surface area contributed by atoms with E-state index in [0.717, 1.165) is 17.7 Å². The molecule has 0 saturated heterocycles. The zero-order valence-corrected chi connectivity index (χ0v) is 16.8. The summed E-state index contributed by atoms with van der Waals surface area (Å²) >= 11 is 0. The van der Waals surface area contributed by atoms with Crippen LogP contribution in [0, 0.1) is 6.92 Å². The van der Waals surface area contributed by atoms with E-state index < -0.39 is 11.9 Å². The van der Waals surface area contributed by atoms with Crippen molar-refractivity contribution in [3.05, 3.63) is 77.4 Å². The van der Waals surface area contributed by atoms with E-state index in [1.165, 1.54) is 5.56 Å². The molecular formula is C22H27NO6. The van der Waals surface area contributed by atoms with E-state index in [1.807, 2.05) is 38.4 Å². The lowest BCUT2D eigenvalue weighted by Crippen LogP contribution is -2.20. The maximum atomic E-state index is 9.73. The summed E-state index contributed by atoms with van der Waals surface area (Å²) in [7, 11) is 4.06. The van der Waals surface area contributed by atoms with Crippen LogP contribution in [-0.2, 0) is 14.3 Å². The second kappa shape index (κ2) is 12.3. The molecule has 0 radical (unpaired) electrons. The number of carbonyl (C=O) groups is 2. The molecule has 1 unspecified atom stereocenters. The van der Waals surface area contributed by atoms with Crippen molar-refractivity contribution in [3.8, 4) is 5.75 Å². The summed E-state index contributed by atoms with van der Waals surface area (Å²) in [5, 5.41) is 25.4. The Labute approximate surface area is 170 Å². The summed E-state index contributed by atoms with van der Waals surface area (Å²) in [6.07, 6.45) is 0.961. The summed E-state index contributed by atoms with van der Waals surface area (Å²) < 4.78 is 6.11. The number of aromatic hydroxyl groups is 1. The minimum absolute atomic E-state index is 0.154. The smallest absolute Gasteiger partial charge is 0.328 e. The summed E-state index contributed by atoms with van der Waals surface area (Å²) in [4.78, 5) is 21.2.